The topological polar surface area (TPSA) is 75.4 Å². The van der Waals surface area contributed by atoms with Crippen LogP contribution in [0.25, 0.3) is 5.70 Å². The van der Waals surface area contributed by atoms with Gasteiger partial charge in [0.1, 0.15) is 11.6 Å². The molecular weight excluding hydrogens is 342 g/mol. The number of halogens is 1. The van der Waals surface area contributed by atoms with Crippen LogP contribution < -0.4 is 5.43 Å². The summed E-state index contributed by atoms with van der Waals surface area (Å²) in [6.07, 6.45) is 5.81. The van der Waals surface area contributed by atoms with Crippen molar-refractivity contribution in [3.8, 4) is 5.75 Å². The number of amidine groups is 1. The summed E-state index contributed by atoms with van der Waals surface area (Å²) in [5.74, 6) is 2.16. The van der Waals surface area contributed by atoms with E-state index in [1.54, 1.807) is 32.4 Å². The Kier molecular flexibility index (Phi) is 3.77. The Morgan fingerprint density at radius 3 is 2.68 bits per heavy atom. The number of hydrogen-bond acceptors (Lipinski definition) is 6. The van der Waals surface area contributed by atoms with Gasteiger partial charge in [-0.25, -0.2) is 4.99 Å². The Morgan fingerprint density at radius 1 is 1.16 bits per heavy atom. The molecule has 0 radical (unpaired) electrons. The van der Waals surface area contributed by atoms with E-state index in [4.69, 9.17) is 26.1 Å². The molecule has 0 amide bonds. The molecule has 0 saturated carbocycles. The summed E-state index contributed by atoms with van der Waals surface area (Å²) in [4.78, 5) is 4.74. The zero-order valence-corrected chi connectivity index (χ0v) is 14.4. The molecule has 0 fully saturated rings. The monoisotopic (exact) mass is 357 g/mol. The molecule has 4 rings (SSSR count). The third-order valence-electron chi connectivity index (χ3n) is 4.50. The van der Waals surface area contributed by atoms with E-state index in [0.29, 0.717) is 11.5 Å². The van der Waals surface area contributed by atoms with Gasteiger partial charge >= 0.3 is 0 Å². The van der Waals surface area contributed by atoms with Crippen molar-refractivity contribution in [2.45, 2.75) is 0 Å². The van der Waals surface area contributed by atoms with Crippen LogP contribution in [-0.2, 0) is 9.47 Å². The molecular formula is C18H16ClN3O3. The maximum Gasteiger partial charge on any atom is 0.160 e. The van der Waals surface area contributed by atoms with Crippen LogP contribution in [0, 0.1) is 11.8 Å². The maximum atomic E-state index is 9.70. The van der Waals surface area contributed by atoms with E-state index in [1.165, 1.54) is 0 Å². The van der Waals surface area contributed by atoms with Crippen molar-refractivity contribution in [3.05, 3.63) is 58.0 Å². The quantitative estimate of drug-likeness (QED) is 0.871. The molecule has 3 aliphatic rings. The van der Waals surface area contributed by atoms with Crippen molar-refractivity contribution >= 4 is 29.3 Å². The van der Waals surface area contributed by atoms with Gasteiger partial charge in [0.15, 0.2) is 11.5 Å². The molecule has 2 atom stereocenters. The first-order valence-corrected chi connectivity index (χ1v) is 8.13. The molecule has 6 nitrogen and oxygen atoms in total. The van der Waals surface area contributed by atoms with Gasteiger partial charge in [-0.15, -0.1) is 0 Å². The van der Waals surface area contributed by atoms with E-state index in [0.717, 1.165) is 22.7 Å². The Balaban J connectivity index is 1.91. The SMILES string of the molecule is COC1=CC2=C(c3ccc(O)c(Cl)c3)N=C3NN=CC3C2C=C1OC. The zero-order chi connectivity index (χ0) is 17.6. The van der Waals surface area contributed by atoms with Crippen LogP contribution in [0.4, 0.5) is 0 Å². The Labute approximate surface area is 149 Å². The van der Waals surface area contributed by atoms with Gasteiger partial charge in [-0.05, 0) is 35.9 Å². The van der Waals surface area contributed by atoms with Crippen LogP contribution in [0.5, 0.6) is 5.75 Å². The molecule has 0 bridgehead atoms. The number of rotatable bonds is 3. The number of aromatic hydroxyl groups is 1. The van der Waals surface area contributed by atoms with Gasteiger partial charge in [-0.2, -0.15) is 5.10 Å². The Bertz CT molecular complexity index is 899. The van der Waals surface area contributed by atoms with Gasteiger partial charge in [0.25, 0.3) is 0 Å². The maximum absolute atomic E-state index is 9.70. The number of allylic oxidation sites excluding steroid dienone is 3. The van der Waals surface area contributed by atoms with Crippen molar-refractivity contribution in [1.29, 1.82) is 0 Å². The molecule has 1 aromatic rings. The minimum Gasteiger partial charge on any atom is -0.506 e. The molecule has 1 aliphatic carbocycles. The number of phenolic OH excluding ortho intramolecular Hbond substituents is 1. The highest BCUT2D eigenvalue weighted by Crippen LogP contribution is 2.42. The van der Waals surface area contributed by atoms with Crippen LogP contribution in [0.1, 0.15) is 5.56 Å². The fourth-order valence-corrected chi connectivity index (χ4v) is 3.44. The number of nitrogens with one attached hydrogen (secondary N) is 1. The van der Waals surface area contributed by atoms with Crippen molar-refractivity contribution in [2.24, 2.45) is 21.9 Å². The number of aliphatic imine (C=N–C) groups is 1. The molecule has 2 unspecified atom stereocenters. The highest BCUT2D eigenvalue weighted by atomic mass is 35.5. The number of phenols is 1. The molecule has 7 heteroatoms. The second-order valence-corrected chi connectivity index (χ2v) is 6.26. The largest absolute Gasteiger partial charge is 0.506 e. The van der Waals surface area contributed by atoms with E-state index < -0.39 is 0 Å². The number of hydrazone groups is 1. The van der Waals surface area contributed by atoms with Crippen molar-refractivity contribution < 1.29 is 14.6 Å². The minimum atomic E-state index is 0.0164. The summed E-state index contributed by atoms with van der Waals surface area (Å²) >= 11 is 6.09. The van der Waals surface area contributed by atoms with E-state index in [9.17, 15) is 5.11 Å². The van der Waals surface area contributed by atoms with Crippen LogP contribution in [0.2, 0.25) is 5.02 Å². The average molecular weight is 358 g/mol. The van der Waals surface area contributed by atoms with Gasteiger partial charge < -0.3 is 14.6 Å². The van der Waals surface area contributed by atoms with Crippen LogP contribution >= 0.6 is 11.6 Å². The van der Waals surface area contributed by atoms with Gasteiger partial charge in [0.2, 0.25) is 0 Å². The smallest absolute Gasteiger partial charge is 0.160 e. The lowest BCUT2D eigenvalue weighted by molar-refractivity contribution is 0.215. The fraction of sp³-hybridized carbons (Fsp3) is 0.222. The summed E-state index contributed by atoms with van der Waals surface area (Å²) < 4.78 is 10.9. The lowest BCUT2D eigenvalue weighted by Crippen LogP contribution is -2.32. The number of nitrogens with zero attached hydrogens (tertiary/aromatic N) is 2. The van der Waals surface area contributed by atoms with Gasteiger partial charge in [0.05, 0.1) is 30.9 Å². The molecule has 0 spiro atoms. The summed E-state index contributed by atoms with van der Waals surface area (Å²) in [6, 6.07) is 5.05. The molecule has 2 N–H and O–H groups in total. The molecule has 1 aromatic carbocycles. The Hall–Kier alpha value is -2.73. The zero-order valence-electron chi connectivity index (χ0n) is 13.7. The summed E-state index contributed by atoms with van der Waals surface area (Å²) in [5.41, 5.74) is 5.52. The molecule has 0 saturated heterocycles. The number of ether oxygens (including phenoxy) is 2. The van der Waals surface area contributed by atoms with E-state index in [-0.39, 0.29) is 22.6 Å². The van der Waals surface area contributed by atoms with Gasteiger partial charge in [-0.3, -0.25) is 5.43 Å². The van der Waals surface area contributed by atoms with Crippen molar-refractivity contribution in [1.82, 2.24) is 5.43 Å². The molecule has 2 heterocycles. The Morgan fingerprint density at radius 2 is 1.96 bits per heavy atom. The minimum absolute atomic E-state index is 0.0164. The summed E-state index contributed by atoms with van der Waals surface area (Å²) in [6.45, 7) is 0. The molecule has 25 heavy (non-hydrogen) atoms. The van der Waals surface area contributed by atoms with E-state index in [1.807, 2.05) is 18.4 Å². The number of fused-ring (bicyclic) bond motifs is 3. The number of hydrogen-bond donors (Lipinski definition) is 2. The van der Waals surface area contributed by atoms with Gasteiger partial charge in [-0.1, -0.05) is 11.6 Å². The first kappa shape index (κ1) is 15.8. The van der Waals surface area contributed by atoms with Crippen molar-refractivity contribution in [3.63, 3.8) is 0 Å². The fourth-order valence-electron chi connectivity index (χ4n) is 3.26. The third kappa shape index (κ3) is 2.49. The average Bonchev–Trinajstić information content (AvgIpc) is 3.10. The van der Waals surface area contributed by atoms with Crippen LogP contribution in [0.3, 0.4) is 0 Å². The lowest BCUT2D eigenvalue weighted by Gasteiger charge is -2.30. The summed E-state index contributed by atoms with van der Waals surface area (Å²) in [7, 11) is 3.22. The van der Waals surface area contributed by atoms with Gasteiger partial charge in [0, 0.05) is 17.7 Å². The molecule has 0 aromatic heterocycles. The normalized spacial score (nSPS) is 23.9. The lowest BCUT2D eigenvalue weighted by atomic mass is 9.78. The predicted molar refractivity (Wildman–Crippen MR) is 96.3 cm³/mol. The van der Waals surface area contributed by atoms with Crippen LogP contribution in [0.15, 0.2) is 57.5 Å². The molecule has 2 aliphatic heterocycles. The van der Waals surface area contributed by atoms with Crippen molar-refractivity contribution in [2.75, 3.05) is 14.2 Å². The number of methoxy groups -OCH3 is 2. The summed E-state index contributed by atoms with van der Waals surface area (Å²) in [5, 5.41) is 14.1. The predicted octanol–water partition coefficient (Wildman–Crippen LogP) is 3.06. The first-order chi connectivity index (χ1) is 12.1. The van der Waals surface area contributed by atoms with Crippen LogP contribution in [-0.4, -0.2) is 31.4 Å². The highest BCUT2D eigenvalue weighted by molar-refractivity contribution is 6.32. The highest BCUT2D eigenvalue weighted by Gasteiger charge is 2.38. The molecule has 128 valence electrons. The second-order valence-electron chi connectivity index (χ2n) is 5.86. The first-order valence-electron chi connectivity index (χ1n) is 7.75. The standard InChI is InChI=1S/C18H16ClN3O3/c1-24-15-6-10-11(7-16(15)25-2)17(21-18-12(10)8-20-22-18)9-3-4-14(23)13(19)5-9/h3-8,10,12,23H,1-2H3,(H,21,22). The second kappa shape index (κ2) is 5.97. The number of benzene rings is 1. The van der Waals surface area contributed by atoms with E-state index >= 15 is 0 Å². The van der Waals surface area contributed by atoms with E-state index in [2.05, 4.69) is 10.5 Å². The third-order valence-corrected chi connectivity index (χ3v) is 4.81.